The first-order valence-corrected chi connectivity index (χ1v) is 42.5. The third kappa shape index (κ3) is 72.3. The average Bonchev–Trinajstić information content (AvgIpc) is 0.935. The molecule has 0 bridgehead atoms. The van der Waals surface area contributed by atoms with Crippen LogP contribution in [-0.2, 0) is 65.4 Å². The molecule has 3 N–H and O–H groups in total. The van der Waals surface area contributed by atoms with Crippen molar-refractivity contribution >= 4 is 39.5 Å². The molecule has 100 heavy (non-hydrogen) atoms. The summed E-state index contributed by atoms with van der Waals surface area (Å²) in [6.45, 7) is 4.69. The van der Waals surface area contributed by atoms with Gasteiger partial charge in [0.25, 0.3) is 0 Å². The first kappa shape index (κ1) is 96.0. The van der Waals surface area contributed by atoms with E-state index in [1.807, 2.05) is 0 Å². The molecule has 0 heterocycles. The van der Waals surface area contributed by atoms with E-state index < -0.39 is 97.5 Å². The van der Waals surface area contributed by atoms with E-state index in [1.165, 1.54) is 89.9 Å². The van der Waals surface area contributed by atoms with E-state index in [0.717, 1.165) is 167 Å². The molecule has 5 atom stereocenters. The Labute approximate surface area is 607 Å². The first-order chi connectivity index (χ1) is 48.7. The number of hydrogen-bond donors (Lipinski definition) is 3. The number of allylic oxidation sites excluding steroid dienone is 16. The topological polar surface area (TPSA) is 237 Å². The van der Waals surface area contributed by atoms with Crippen LogP contribution in [0.15, 0.2) is 97.2 Å². The number of unbranched alkanes of at least 4 members (excludes halogenated alkanes) is 32. The zero-order valence-electron chi connectivity index (χ0n) is 63.1. The smallest absolute Gasteiger partial charge is 0.462 e. The van der Waals surface area contributed by atoms with Crippen molar-refractivity contribution in [1.29, 1.82) is 0 Å². The highest BCUT2D eigenvalue weighted by molar-refractivity contribution is 7.47. The summed E-state index contributed by atoms with van der Waals surface area (Å²) in [6.07, 6.45) is 76.7. The monoisotopic (exact) mass is 1450 g/mol. The normalized spacial score (nSPS) is 14.4. The van der Waals surface area contributed by atoms with Crippen LogP contribution in [0, 0.1) is 0 Å². The van der Waals surface area contributed by atoms with E-state index in [2.05, 4.69) is 125 Å². The van der Waals surface area contributed by atoms with Crippen molar-refractivity contribution in [3.63, 3.8) is 0 Å². The van der Waals surface area contributed by atoms with Gasteiger partial charge in [0, 0.05) is 25.7 Å². The lowest BCUT2D eigenvalue weighted by atomic mass is 10.1. The van der Waals surface area contributed by atoms with Crippen LogP contribution >= 0.6 is 15.6 Å². The summed E-state index contributed by atoms with van der Waals surface area (Å²) in [4.78, 5) is 72.9. The van der Waals surface area contributed by atoms with Crippen LogP contribution in [0.5, 0.6) is 0 Å². The van der Waals surface area contributed by atoms with Gasteiger partial charge in [0.15, 0.2) is 12.2 Å². The number of carbonyl (C=O) groups excluding carboxylic acids is 4. The maximum Gasteiger partial charge on any atom is 0.472 e. The number of phosphoric acid groups is 2. The molecule has 0 rings (SSSR count). The summed E-state index contributed by atoms with van der Waals surface area (Å²) in [5, 5.41) is 10.6. The molecular formula is C81H142O17P2. The number of esters is 4. The van der Waals surface area contributed by atoms with Gasteiger partial charge >= 0.3 is 39.5 Å². The lowest BCUT2D eigenvalue weighted by molar-refractivity contribution is -0.161. The van der Waals surface area contributed by atoms with Crippen molar-refractivity contribution in [3.05, 3.63) is 97.2 Å². The maximum absolute atomic E-state index is 13.1. The Bertz CT molecular complexity index is 2270. The predicted molar refractivity (Wildman–Crippen MR) is 409 cm³/mol. The zero-order chi connectivity index (χ0) is 73.2. The van der Waals surface area contributed by atoms with Gasteiger partial charge in [-0.15, -0.1) is 0 Å². The molecule has 0 aliphatic heterocycles. The van der Waals surface area contributed by atoms with E-state index in [1.54, 1.807) is 0 Å². The second kappa shape index (κ2) is 73.3. The van der Waals surface area contributed by atoms with Gasteiger partial charge in [-0.25, -0.2) is 9.13 Å². The van der Waals surface area contributed by atoms with Gasteiger partial charge in [0.1, 0.15) is 19.3 Å². The van der Waals surface area contributed by atoms with Crippen LogP contribution in [-0.4, -0.2) is 96.7 Å². The van der Waals surface area contributed by atoms with Gasteiger partial charge in [-0.3, -0.25) is 37.3 Å². The van der Waals surface area contributed by atoms with E-state index in [0.29, 0.717) is 25.7 Å². The Balaban J connectivity index is 5.36. The molecule has 0 radical (unpaired) electrons. The minimum absolute atomic E-state index is 0.0771. The highest BCUT2D eigenvalue weighted by atomic mass is 31.2. The van der Waals surface area contributed by atoms with Crippen LogP contribution in [0.4, 0.5) is 0 Å². The van der Waals surface area contributed by atoms with Gasteiger partial charge in [-0.1, -0.05) is 260 Å². The van der Waals surface area contributed by atoms with Crippen molar-refractivity contribution in [1.82, 2.24) is 0 Å². The predicted octanol–water partition coefficient (Wildman–Crippen LogP) is 22.8. The fourth-order valence-corrected chi connectivity index (χ4v) is 12.0. The molecule has 0 amide bonds. The fourth-order valence-electron chi connectivity index (χ4n) is 10.5. The molecule has 0 aliphatic rings. The molecule has 19 heteroatoms. The lowest BCUT2D eigenvalue weighted by Crippen LogP contribution is -2.30. The Morgan fingerprint density at radius 1 is 0.290 bits per heavy atom. The lowest BCUT2D eigenvalue weighted by Gasteiger charge is -2.21. The SMILES string of the molecule is CC/C=C\C/C=C\C/C=C\C/C=C\C/C=C\CCCCCC(=O)OC[C@H](COP(=O)(O)OC[C@@H](O)COP(=O)(O)OC[C@@H](COC(=O)CCCCCCCCC/C=C\CCCCCC)OC(=O)CCCCCCC/C=C\CCCCCC)OC(=O)CCCCCCC/C=C\CCCCCC. The molecule has 0 fully saturated rings. The summed E-state index contributed by atoms with van der Waals surface area (Å²) in [5.41, 5.74) is 0. The largest absolute Gasteiger partial charge is 0.472 e. The van der Waals surface area contributed by atoms with Crippen molar-refractivity contribution in [2.24, 2.45) is 0 Å². The number of aliphatic hydroxyl groups excluding tert-OH is 1. The molecule has 0 spiro atoms. The van der Waals surface area contributed by atoms with Gasteiger partial charge in [-0.2, -0.15) is 0 Å². The average molecular weight is 1450 g/mol. The molecule has 0 aromatic heterocycles. The highest BCUT2D eigenvalue weighted by Gasteiger charge is 2.30. The van der Waals surface area contributed by atoms with Crippen LogP contribution < -0.4 is 0 Å². The standard InChI is InChI=1S/C81H142O17P2/c1-5-9-13-17-21-25-29-33-35-36-37-38-40-44-46-50-54-58-62-66-79(84)92-72-77(98-81(86)68-64-60-56-52-48-42-32-28-24-20-16-12-8-4)74-96-100(89,90)94-70-75(82)69-93-99(87,88)95-73-76(97-80(85)67-63-59-55-51-47-41-31-27-23-19-15-11-7-3)71-91-78(83)65-61-57-53-49-45-43-39-34-30-26-22-18-14-10-6-2/h9,13,21,25-28,30-33,35,37-38,44,46,75-77,82H,5-8,10-12,14-20,22-24,29,34,36,39-43,45,47-74H2,1-4H3,(H,87,88)(H,89,90)/b13-9-,25-21-,30-26-,31-27-,32-28-,35-33-,38-37-,46-44-/t75-,76+,77+/m0/s1. The molecule has 0 aliphatic carbocycles. The van der Waals surface area contributed by atoms with Gasteiger partial charge in [0.2, 0.25) is 0 Å². The molecular weight excluding hydrogens is 1310 g/mol. The first-order valence-electron chi connectivity index (χ1n) is 39.5. The number of hydrogen-bond acceptors (Lipinski definition) is 15. The summed E-state index contributed by atoms with van der Waals surface area (Å²) >= 11 is 0. The van der Waals surface area contributed by atoms with Crippen LogP contribution in [0.25, 0.3) is 0 Å². The van der Waals surface area contributed by atoms with E-state index in [-0.39, 0.29) is 25.7 Å². The summed E-state index contributed by atoms with van der Waals surface area (Å²) in [7, 11) is -9.96. The fraction of sp³-hybridized carbons (Fsp3) is 0.753. The number of ether oxygens (including phenoxy) is 4. The van der Waals surface area contributed by atoms with E-state index >= 15 is 0 Å². The molecule has 0 saturated heterocycles. The third-order valence-corrected chi connectivity index (χ3v) is 18.4. The summed E-state index contributed by atoms with van der Waals surface area (Å²) in [6, 6.07) is 0. The Kier molecular flexibility index (Phi) is 70.4. The van der Waals surface area contributed by atoms with E-state index in [9.17, 15) is 43.2 Å². The number of aliphatic hydroxyl groups is 1. The third-order valence-electron chi connectivity index (χ3n) is 16.5. The van der Waals surface area contributed by atoms with Gasteiger partial charge in [0.05, 0.1) is 26.4 Å². The molecule has 17 nitrogen and oxygen atoms in total. The van der Waals surface area contributed by atoms with Crippen molar-refractivity contribution in [2.75, 3.05) is 39.6 Å². The maximum atomic E-state index is 13.1. The van der Waals surface area contributed by atoms with E-state index in [4.69, 9.17) is 37.0 Å². The number of carbonyl (C=O) groups is 4. The molecule has 2 unspecified atom stereocenters. The summed E-state index contributed by atoms with van der Waals surface area (Å²) in [5.74, 6) is -2.22. The van der Waals surface area contributed by atoms with Gasteiger partial charge in [-0.05, 0) is 148 Å². The number of phosphoric ester groups is 2. The zero-order valence-corrected chi connectivity index (χ0v) is 64.9. The minimum atomic E-state index is -4.98. The van der Waals surface area contributed by atoms with Crippen molar-refractivity contribution in [2.45, 2.75) is 354 Å². The minimum Gasteiger partial charge on any atom is -0.462 e. The van der Waals surface area contributed by atoms with Crippen LogP contribution in [0.3, 0.4) is 0 Å². The molecule has 0 saturated carbocycles. The Hall–Kier alpha value is -4.02. The highest BCUT2D eigenvalue weighted by Crippen LogP contribution is 2.45. The van der Waals surface area contributed by atoms with Gasteiger partial charge < -0.3 is 33.8 Å². The quantitative estimate of drug-likeness (QED) is 0.0169. The Morgan fingerprint density at radius 2 is 0.520 bits per heavy atom. The second-order valence-corrected chi connectivity index (χ2v) is 29.2. The second-order valence-electron chi connectivity index (χ2n) is 26.3. The molecule has 0 aromatic carbocycles. The van der Waals surface area contributed by atoms with Crippen LogP contribution in [0.2, 0.25) is 0 Å². The molecule has 0 aromatic rings. The van der Waals surface area contributed by atoms with Crippen molar-refractivity contribution in [3.8, 4) is 0 Å². The van der Waals surface area contributed by atoms with Crippen molar-refractivity contribution < 1.29 is 80.2 Å². The number of rotatable bonds is 74. The molecule has 578 valence electrons. The Morgan fingerprint density at radius 3 is 0.820 bits per heavy atom. The summed E-state index contributed by atoms with van der Waals surface area (Å²) < 4.78 is 68.5. The van der Waals surface area contributed by atoms with Crippen LogP contribution in [0.1, 0.15) is 336 Å².